The van der Waals surface area contributed by atoms with Gasteiger partial charge < -0.3 is 15.1 Å². The number of nitrogens with one attached hydrogen (secondary N) is 2. The molecule has 0 saturated carbocycles. The molecule has 3 aromatic rings. The molecular formula is C20H27FIN5O. The Morgan fingerprint density at radius 2 is 2.00 bits per heavy atom. The number of benzene rings is 1. The maximum atomic E-state index is 13.5. The Kier molecular flexibility index (Phi) is 7.45. The van der Waals surface area contributed by atoms with Crippen LogP contribution in [0.2, 0.25) is 0 Å². The van der Waals surface area contributed by atoms with Crippen LogP contribution in [0.25, 0.3) is 11.0 Å². The van der Waals surface area contributed by atoms with E-state index in [0.717, 1.165) is 40.2 Å². The van der Waals surface area contributed by atoms with Crippen LogP contribution in [0.1, 0.15) is 35.2 Å². The Bertz CT molecular complexity index is 992. The maximum Gasteiger partial charge on any atom is 0.191 e. The molecule has 3 rings (SSSR count). The van der Waals surface area contributed by atoms with Gasteiger partial charge in [0.2, 0.25) is 0 Å². The predicted octanol–water partition coefficient (Wildman–Crippen LogP) is 4.10. The van der Waals surface area contributed by atoms with Gasteiger partial charge >= 0.3 is 0 Å². The quantitative estimate of drug-likeness (QED) is 0.315. The van der Waals surface area contributed by atoms with E-state index in [2.05, 4.69) is 20.7 Å². The number of aryl methyl sites for hydroxylation is 3. The first-order chi connectivity index (χ1) is 12.9. The molecule has 1 aromatic carbocycles. The molecule has 0 atom stereocenters. The van der Waals surface area contributed by atoms with Crippen molar-refractivity contribution in [2.24, 2.45) is 12.0 Å². The summed E-state index contributed by atoms with van der Waals surface area (Å²) in [7, 11) is 1.94. The summed E-state index contributed by atoms with van der Waals surface area (Å²) in [5, 5.41) is 11.8. The summed E-state index contributed by atoms with van der Waals surface area (Å²) < 4.78 is 21.2. The van der Waals surface area contributed by atoms with Gasteiger partial charge in [-0.2, -0.15) is 5.10 Å². The number of hydrogen-bond acceptors (Lipinski definition) is 3. The summed E-state index contributed by atoms with van der Waals surface area (Å²) in [5.74, 6) is 1.21. The minimum Gasteiger partial charge on any atom is -0.459 e. The first-order valence-electron chi connectivity index (χ1n) is 9.09. The molecule has 0 bridgehead atoms. The summed E-state index contributed by atoms with van der Waals surface area (Å²) in [4.78, 5) is 4.67. The van der Waals surface area contributed by atoms with Crippen molar-refractivity contribution in [3.05, 3.63) is 52.3 Å². The van der Waals surface area contributed by atoms with Gasteiger partial charge in [0.05, 0.1) is 18.8 Å². The summed E-state index contributed by atoms with van der Waals surface area (Å²) in [6, 6.07) is 4.58. The molecule has 2 heterocycles. The fraction of sp³-hybridized carbons (Fsp3) is 0.400. The topological polar surface area (TPSA) is 67.4 Å². The van der Waals surface area contributed by atoms with Gasteiger partial charge in [0.1, 0.15) is 17.2 Å². The lowest BCUT2D eigenvalue weighted by molar-refractivity contribution is 0.534. The molecule has 0 aliphatic heterocycles. The SMILES string of the molecule is CCNC(=NCc1c(C)nn(C)c1C)NCc1oc2ccc(F)cc2c1C.I. The van der Waals surface area contributed by atoms with Gasteiger partial charge in [0, 0.05) is 35.8 Å². The second-order valence-corrected chi connectivity index (χ2v) is 6.61. The van der Waals surface area contributed by atoms with Crippen LogP contribution >= 0.6 is 24.0 Å². The van der Waals surface area contributed by atoms with Crippen molar-refractivity contribution < 1.29 is 8.81 Å². The van der Waals surface area contributed by atoms with Crippen LogP contribution in [0.5, 0.6) is 0 Å². The zero-order valence-corrected chi connectivity index (χ0v) is 19.2. The summed E-state index contributed by atoms with van der Waals surface area (Å²) in [6.45, 7) is 9.77. The van der Waals surface area contributed by atoms with Gasteiger partial charge in [-0.15, -0.1) is 24.0 Å². The lowest BCUT2D eigenvalue weighted by Crippen LogP contribution is -2.36. The van der Waals surface area contributed by atoms with E-state index in [1.165, 1.54) is 12.1 Å². The Morgan fingerprint density at radius 1 is 1.25 bits per heavy atom. The number of aromatic nitrogens is 2. The van der Waals surface area contributed by atoms with E-state index in [-0.39, 0.29) is 29.8 Å². The third kappa shape index (κ3) is 4.65. The van der Waals surface area contributed by atoms with Crippen LogP contribution in [0, 0.1) is 26.6 Å². The molecule has 152 valence electrons. The van der Waals surface area contributed by atoms with E-state index >= 15 is 0 Å². The highest BCUT2D eigenvalue weighted by atomic mass is 127. The summed E-state index contributed by atoms with van der Waals surface area (Å²) in [5.41, 5.74) is 4.86. The third-order valence-corrected chi connectivity index (χ3v) is 4.81. The molecule has 0 saturated heterocycles. The lowest BCUT2D eigenvalue weighted by Gasteiger charge is -2.10. The Hall–Kier alpha value is -2.10. The molecule has 2 N–H and O–H groups in total. The second-order valence-electron chi connectivity index (χ2n) is 6.61. The molecule has 0 aliphatic rings. The van der Waals surface area contributed by atoms with E-state index < -0.39 is 0 Å². The Balaban J connectivity index is 0.00000280. The standard InChI is InChI=1S/C20H26FN5O.HI/c1-6-22-20(23-10-17-13(3)25-26(5)14(17)4)24-11-19-12(2)16-9-15(21)7-8-18(16)27-19;/h7-9H,6,10-11H2,1-5H3,(H2,22,23,24);1H. The molecule has 0 spiro atoms. The number of furan rings is 1. The number of aliphatic imine (C=N–C) groups is 1. The molecule has 0 aliphatic carbocycles. The van der Waals surface area contributed by atoms with Crippen LogP contribution in [-0.4, -0.2) is 22.3 Å². The fourth-order valence-electron chi connectivity index (χ4n) is 3.12. The van der Waals surface area contributed by atoms with Gasteiger partial charge in [0.25, 0.3) is 0 Å². The smallest absolute Gasteiger partial charge is 0.191 e. The molecule has 8 heteroatoms. The van der Waals surface area contributed by atoms with Crippen LogP contribution in [0.3, 0.4) is 0 Å². The highest BCUT2D eigenvalue weighted by molar-refractivity contribution is 14.0. The summed E-state index contributed by atoms with van der Waals surface area (Å²) in [6.07, 6.45) is 0. The zero-order valence-electron chi connectivity index (χ0n) is 16.9. The fourth-order valence-corrected chi connectivity index (χ4v) is 3.12. The van der Waals surface area contributed by atoms with E-state index in [9.17, 15) is 4.39 Å². The van der Waals surface area contributed by atoms with Crippen LogP contribution in [0.4, 0.5) is 4.39 Å². The Labute approximate surface area is 181 Å². The first-order valence-corrected chi connectivity index (χ1v) is 9.09. The van der Waals surface area contributed by atoms with Crippen molar-refractivity contribution in [3.63, 3.8) is 0 Å². The zero-order chi connectivity index (χ0) is 19.6. The monoisotopic (exact) mass is 499 g/mol. The molecule has 28 heavy (non-hydrogen) atoms. The number of guanidine groups is 1. The minimum absolute atomic E-state index is 0. The van der Waals surface area contributed by atoms with Crippen molar-refractivity contribution in [2.75, 3.05) is 6.54 Å². The van der Waals surface area contributed by atoms with Crippen molar-refractivity contribution in [3.8, 4) is 0 Å². The van der Waals surface area contributed by atoms with Crippen molar-refractivity contribution in [2.45, 2.75) is 40.8 Å². The molecular weight excluding hydrogens is 472 g/mol. The lowest BCUT2D eigenvalue weighted by atomic mass is 10.1. The third-order valence-electron chi connectivity index (χ3n) is 4.81. The molecule has 0 unspecified atom stereocenters. The summed E-state index contributed by atoms with van der Waals surface area (Å²) >= 11 is 0. The van der Waals surface area contributed by atoms with Gasteiger partial charge in [-0.3, -0.25) is 4.68 Å². The largest absolute Gasteiger partial charge is 0.459 e. The molecule has 0 radical (unpaired) electrons. The number of halogens is 2. The van der Waals surface area contributed by atoms with Crippen LogP contribution < -0.4 is 10.6 Å². The van der Waals surface area contributed by atoms with Crippen molar-refractivity contribution in [1.29, 1.82) is 0 Å². The van der Waals surface area contributed by atoms with Crippen molar-refractivity contribution >= 4 is 40.9 Å². The number of rotatable bonds is 5. The van der Waals surface area contributed by atoms with E-state index in [1.54, 1.807) is 6.07 Å². The van der Waals surface area contributed by atoms with E-state index in [1.807, 2.05) is 39.4 Å². The predicted molar refractivity (Wildman–Crippen MR) is 121 cm³/mol. The van der Waals surface area contributed by atoms with Gasteiger partial charge in [-0.1, -0.05) is 0 Å². The molecule has 6 nitrogen and oxygen atoms in total. The highest BCUT2D eigenvalue weighted by Crippen LogP contribution is 2.25. The highest BCUT2D eigenvalue weighted by Gasteiger charge is 2.12. The van der Waals surface area contributed by atoms with E-state index in [0.29, 0.717) is 24.6 Å². The number of hydrogen-bond donors (Lipinski definition) is 2. The minimum atomic E-state index is -0.261. The Morgan fingerprint density at radius 3 is 2.64 bits per heavy atom. The van der Waals surface area contributed by atoms with E-state index in [4.69, 9.17) is 4.42 Å². The van der Waals surface area contributed by atoms with Crippen molar-refractivity contribution in [1.82, 2.24) is 20.4 Å². The van der Waals surface area contributed by atoms with Gasteiger partial charge in [-0.25, -0.2) is 9.38 Å². The molecule has 0 fully saturated rings. The number of nitrogens with zero attached hydrogens (tertiary/aromatic N) is 3. The van der Waals surface area contributed by atoms with Crippen LogP contribution in [-0.2, 0) is 20.1 Å². The molecule has 2 aromatic heterocycles. The molecule has 0 amide bonds. The van der Waals surface area contributed by atoms with Gasteiger partial charge in [-0.05, 0) is 45.9 Å². The maximum absolute atomic E-state index is 13.5. The van der Waals surface area contributed by atoms with Gasteiger partial charge in [0.15, 0.2) is 5.96 Å². The normalized spacial score (nSPS) is 11.6. The second kappa shape index (κ2) is 9.40. The average Bonchev–Trinajstić information content (AvgIpc) is 3.07. The van der Waals surface area contributed by atoms with Crippen LogP contribution in [0.15, 0.2) is 27.6 Å². The number of fused-ring (bicyclic) bond motifs is 1. The average molecular weight is 499 g/mol. The first kappa shape index (κ1) is 22.2.